The van der Waals surface area contributed by atoms with Crippen molar-refractivity contribution in [1.82, 2.24) is 14.7 Å². The minimum absolute atomic E-state index is 0.213. The summed E-state index contributed by atoms with van der Waals surface area (Å²) in [6, 6.07) is 11.2. The molecule has 0 atom stereocenters. The Balaban J connectivity index is 1.90. The number of nitrogens with zero attached hydrogens (tertiary/aromatic N) is 2. The maximum absolute atomic E-state index is 12.9. The molecule has 3 aromatic rings. The Labute approximate surface area is 165 Å². The molecule has 0 spiro atoms. The van der Waals surface area contributed by atoms with E-state index >= 15 is 0 Å². The van der Waals surface area contributed by atoms with E-state index in [-0.39, 0.29) is 23.3 Å². The van der Waals surface area contributed by atoms with Crippen molar-refractivity contribution in [3.8, 4) is 0 Å². The molecule has 0 bridgehead atoms. The second-order valence-electron chi connectivity index (χ2n) is 7.38. The Hall–Kier alpha value is -3.15. The number of amides is 2. The van der Waals surface area contributed by atoms with Crippen LogP contribution in [0.5, 0.6) is 0 Å². The molecule has 3 rings (SSSR count). The normalized spacial score (nSPS) is 11.0. The van der Waals surface area contributed by atoms with Crippen LogP contribution in [0.15, 0.2) is 42.6 Å². The molecule has 0 saturated carbocycles. The summed E-state index contributed by atoms with van der Waals surface area (Å²) in [7, 11) is 0. The quantitative estimate of drug-likeness (QED) is 0.681. The highest BCUT2D eigenvalue weighted by atomic mass is 16.2. The molecular weight excluding hydrogens is 352 g/mol. The van der Waals surface area contributed by atoms with Crippen LogP contribution in [-0.4, -0.2) is 27.7 Å². The van der Waals surface area contributed by atoms with E-state index in [1.165, 1.54) is 0 Å². The van der Waals surface area contributed by atoms with Gasteiger partial charge in [-0.25, -0.2) is 4.98 Å². The van der Waals surface area contributed by atoms with Gasteiger partial charge in [0.05, 0.1) is 5.52 Å². The first-order chi connectivity index (χ1) is 13.4. The Morgan fingerprint density at radius 2 is 1.86 bits per heavy atom. The van der Waals surface area contributed by atoms with Gasteiger partial charge in [-0.1, -0.05) is 32.0 Å². The van der Waals surface area contributed by atoms with Gasteiger partial charge in [0.15, 0.2) is 5.69 Å². The molecule has 0 unspecified atom stereocenters. The molecule has 0 radical (unpaired) electrons. The van der Waals surface area contributed by atoms with Crippen LogP contribution in [0.1, 0.15) is 52.5 Å². The van der Waals surface area contributed by atoms with Crippen LogP contribution >= 0.6 is 0 Å². The van der Waals surface area contributed by atoms with Crippen molar-refractivity contribution in [2.45, 2.75) is 34.1 Å². The predicted molar refractivity (Wildman–Crippen MR) is 111 cm³/mol. The summed E-state index contributed by atoms with van der Waals surface area (Å²) in [6.07, 6.45) is 2.63. The topological polar surface area (TPSA) is 75.5 Å². The van der Waals surface area contributed by atoms with Crippen molar-refractivity contribution >= 4 is 23.0 Å². The minimum atomic E-state index is -0.335. The van der Waals surface area contributed by atoms with Gasteiger partial charge in [0.2, 0.25) is 5.82 Å². The molecule has 6 heteroatoms. The van der Waals surface area contributed by atoms with E-state index in [1.54, 1.807) is 16.7 Å². The molecule has 0 aliphatic heterocycles. The summed E-state index contributed by atoms with van der Waals surface area (Å²) in [5, 5.41) is 5.81. The molecule has 2 amide bonds. The number of pyridine rings is 1. The third kappa shape index (κ3) is 4.06. The molecular formula is C22H26N4O2. The second kappa shape index (κ2) is 8.25. The molecule has 28 heavy (non-hydrogen) atoms. The summed E-state index contributed by atoms with van der Waals surface area (Å²) >= 11 is 0. The van der Waals surface area contributed by atoms with Gasteiger partial charge in [-0.05, 0) is 55.5 Å². The van der Waals surface area contributed by atoms with Crippen LogP contribution in [0.25, 0.3) is 5.52 Å². The van der Waals surface area contributed by atoms with Gasteiger partial charge in [0.1, 0.15) is 0 Å². The van der Waals surface area contributed by atoms with Gasteiger partial charge >= 0.3 is 0 Å². The summed E-state index contributed by atoms with van der Waals surface area (Å²) < 4.78 is 1.66. The Morgan fingerprint density at radius 1 is 1.07 bits per heavy atom. The number of imidazole rings is 1. The highest BCUT2D eigenvalue weighted by Crippen LogP contribution is 2.20. The van der Waals surface area contributed by atoms with Gasteiger partial charge in [-0.15, -0.1) is 0 Å². The molecule has 0 saturated heterocycles. The van der Waals surface area contributed by atoms with Gasteiger partial charge in [0.25, 0.3) is 11.8 Å². The zero-order valence-electron chi connectivity index (χ0n) is 16.7. The Bertz CT molecular complexity index is 1020. The number of rotatable bonds is 6. The number of fused-ring (bicyclic) bond motifs is 1. The van der Waals surface area contributed by atoms with Gasteiger partial charge in [-0.2, -0.15) is 0 Å². The van der Waals surface area contributed by atoms with Crippen LogP contribution < -0.4 is 10.6 Å². The van der Waals surface area contributed by atoms with Crippen molar-refractivity contribution in [3.05, 3.63) is 65.2 Å². The van der Waals surface area contributed by atoms with Gasteiger partial charge in [-0.3, -0.25) is 14.0 Å². The summed E-state index contributed by atoms with van der Waals surface area (Å²) in [5.74, 6) is 0.0907. The molecule has 2 heterocycles. The van der Waals surface area contributed by atoms with Crippen molar-refractivity contribution in [2.24, 2.45) is 5.92 Å². The Kier molecular flexibility index (Phi) is 5.78. The maximum Gasteiger partial charge on any atom is 0.287 e. The van der Waals surface area contributed by atoms with E-state index < -0.39 is 0 Å². The van der Waals surface area contributed by atoms with Gasteiger partial charge in [0, 0.05) is 18.4 Å². The molecule has 2 aromatic heterocycles. The average Bonchev–Trinajstić information content (AvgIpc) is 3.05. The number of hydrogen-bond donors (Lipinski definition) is 2. The highest BCUT2D eigenvalue weighted by molar-refractivity contribution is 6.09. The number of nitrogens with one attached hydrogen (secondary N) is 2. The standard InChI is InChI=1S/C22H26N4O2/c1-14(2)11-12-23-22(28)20-25-19(18-10-5-6-13-26(18)20)21(27)24-17-9-7-8-15(3)16(17)4/h5-10,13-14H,11-12H2,1-4H3,(H,23,28)(H,24,27). The second-order valence-corrected chi connectivity index (χ2v) is 7.38. The number of aromatic nitrogens is 2. The predicted octanol–water partition coefficient (Wildman–Crippen LogP) is 3.98. The van der Waals surface area contributed by atoms with Crippen molar-refractivity contribution in [3.63, 3.8) is 0 Å². The number of carbonyl (C=O) groups is 2. The van der Waals surface area contributed by atoms with E-state index in [0.29, 0.717) is 18.0 Å². The van der Waals surface area contributed by atoms with E-state index in [9.17, 15) is 9.59 Å². The average molecular weight is 378 g/mol. The van der Waals surface area contributed by atoms with Crippen molar-refractivity contribution in [1.29, 1.82) is 0 Å². The zero-order chi connectivity index (χ0) is 20.3. The van der Waals surface area contributed by atoms with E-state index in [0.717, 1.165) is 23.2 Å². The first-order valence-electron chi connectivity index (χ1n) is 9.51. The van der Waals surface area contributed by atoms with Crippen LogP contribution in [0.4, 0.5) is 5.69 Å². The van der Waals surface area contributed by atoms with Gasteiger partial charge < -0.3 is 10.6 Å². The van der Waals surface area contributed by atoms with Crippen LogP contribution in [0.3, 0.4) is 0 Å². The number of aryl methyl sites for hydroxylation is 1. The Morgan fingerprint density at radius 3 is 2.61 bits per heavy atom. The molecule has 0 aliphatic carbocycles. The highest BCUT2D eigenvalue weighted by Gasteiger charge is 2.21. The largest absolute Gasteiger partial charge is 0.349 e. The minimum Gasteiger partial charge on any atom is -0.349 e. The molecule has 1 aromatic carbocycles. The number of anilines is 1. The summed E-state index contributed by atoms with van der Waals surface area (Å²) in [5.41, 5.74) is 3.67. The lowest BCUT2D eigenvalue weighted by atomic mass is 10.1. The van der Waals surface area contributed by atoms with Crippen LogP contribution in [-0.2, 0) is 0 Å². The van der Waals surface area contributed by atoms with Crippen LogP contribution in [0.2, 0.25) is 0 Å². The number of hydrogen-bond acceptors (Lipinski definition) is 3. The molecule has 0 aliphatic rings. The fraction of sp³-hybridized carbons (Fsp3) is 0.318. The number of carbonyl (C=O) groups excluding carboxylic acids is 2. The third-order valence-corrected chi connectivity index (χ3v) is 4.83. The fourth-order valence-electron chi connectivity index (χ4n) is 2.99. The lowest BCUT2D eigenvalue weighted by Gasteiger charge is -2.09. The first-order valence-corrected chi connectivity index (χ1v) is 9.51. The lowest BCUT2D eigenvalue weighted by Crippen LogP contribution is -2.27. The van der Waals surface area contributed by atoms with E-state index in [4.69, 9.17) is 0 Å². The number of benzene rings is 1. The van der Waals surface area contributed by atoms with Crippen molar-refractivity contribution < 1.29 is 9.59 Å². The molecule has 146 valence electrons. The molecule has 2 N–H and O–H groups in total. The monoisotopic (exact) mass is 378 g/mol. The maximum atomic E-state index is 12.9. The summed E-state index contributed by atoms with van der Waals surface area (Å²) in [6.45, 7) is 8.74. The zero-order valence-corrected chi connectivity index (χ0v) is 16.7. The first kappa shape index (κ1) is 19.6. The lowest BCUT2D eigenvalue weighted by molar-refractivity contribution is 0.0941. The fourth-order valence-corrected chi connectivity index (χ4v) is 2.99. The third-order valence-electron chi connectivity index (χ3n) is 4.83. The van der Waals surface area contributed by atoms with Crippen LogP contribution in [0, 0.1) is 19.8 Å². The molecule has 6 nitrogen and oxygen atoms in total. The van der Waals surface area contributed by atoms with Crippen molar-refractivity contribution in [2.75, 3.05) is 11.9 Å². The summed E-state index contributed by atoms with van der Waals surface area (Å²) in [4.78, 5) is 29.9. The SMILES string of the molecule is Cc1cccc(NC(=O)c2nc(C(=O)NCCC(C)C)n3ccccc23)c1C. The van der Waals surface area contributed by atoms with E-state index in [2.05, 4.69) is 29.5 Å². The smallest absolute Gasteiger partial charge is 0.287 e. The van der Waals surface area contributed by atoms with E-state index in [1.807, 2.05) is 44.2 Å². The molecule has 0 fully saturated rings.